The Morgan fingerprint density at radius 2 is 1.89 bits per heavy atom. The van der Waals surface area contributed by atoms with Gasteiger partial charge in [0.1, 0.15) is 5.75 Å². The first-order chi connectivity index (χ1) is 8.57. The summed E-state index contributed by atoms with van der Waals surface area (Å²) in [6, 6.07) is 8.32. The van der Waals surface area contributed by atoms with E-state index < -0.39 is 0 Å². The second kappa shape index (κ2) is 7.39. The summed E-state index contributed by atoms with van der Waals surface area (Å²) in [5.41, 5.74) is 7.04. The average Bonchev–Trinajstić information content (AvgIpc) is 2.31. The van der Waals surface area contributed by atoms with Crippen molar-refractivity contribution in [2.45, 2.75) is 39.2 Å². The Hall–Kier alpha value is -1.06. The summed E-state index contributed by atoms with van der Waals surface area (Å²) in [4.78, 5) is 0. The number of hydrogen-bond donors (Lipinski definition) is 2. The molecule has 0 radical (unpaired) electrons. The van der Waals surface area contributed by atoms with E-state index in [1.807, 2.05) is 19.1 Å². The summed E-state index contributed by atoms with van der Waals surface area (Å²) in [7, 11) is 0. The Morgan fingerprint density at radius 1 is 1.22 bits per heavy atom. The van der Waals surface area contributed by atoms with Crippen LogP contribution in [0.15, 0.2) is 24.3 Å². The van der Waals surface area contributed by atoms with Crippen LogP contribution in [0.3, 0.4) is 0 Å². The van der Waals surface area contributed by atoms with Gasteiger partial charge in [0.25, 0.3) is 0 Å². The second-order valence-electron chi connectivity index (χ2n) is 5.18. The number of hydrogen-bond acceptors (Lipinski definition) is 3. The van der Waals surface area contributed by atoms with E-state index in [1.165, 1.54) is 5.56 Å². The lowest BCUT2D eigenvalue weighted by atomic mass is 10.0. The highest BCUT2D eigenvalue weighted by molar-refractivity contribution is 5.27. The molecule has 1 aromatic carbocycles. The van der Waals surface area contributed by atoms with Crippen molar-refractivity contribution in [2.24, 2.45) is 5.73 Å². The fourth-order valence-corrected chi connectivity index (χ4v) is 1.91. The van der Waals surface area contributed by atoms with Crippen molar-refractivity contribution < 1.29 is 4.74 Å². The van der Waals surface area contributed by atoms with E-state index in [1.54, 1.807) is 0 Å². The lowest BCUT2D eigenvalue weighted by molar-refractivity contribution is 0.340. The highest BCUT2D eigenvalue weighted by atomic mass is 16.5. The predicted octanol–water partition coefficient (Wildman–Crippen LogP) is 2.34. The van der Waals surface area contributed by atoms with Gasteiger partial charge in [-0.05, 0) is 64.4 Å². The third kappa shape index (κ3) is 5.52. The predicted molar refractivity (Wildman–Crippen MR) is 77.1 cm³/mol. The molecule has 3 nitrogen and oxygen atoms in total. The SMILES string of the molecule is CCOc1ccc(CCNC(C)(C)CCN)cc1. The molecule has 0 amide bonds. The van der Waals surface area contributed by atoms with Gasteiger partial charge in [-0.3, -0.25) is 0 Å². The van der Waals surface area contributed by atoms with Crippen LogP contribution in [0.4, 0.5) is 0 Å². The van der Waals surface area contributed by atoms with Gasteiger partial charge >= 0.3 is 0 Å². The molecule has 1 aromatic rings. The maximum atomic E-state index is 5.59. The highest BCUT2D eigenvalue weighted by Crippen LogP contribution is 2.13. The highest BCUT2D eigenvalue weighted by Gasteiger charge is 2.14. The summed E-state index contributed by atoms with van der Waals surface area (Å²) in [6.07, 6.45) is 2.02. The Kier molecular flexibility index (Phi) is 6.16. The molecule has 0 bridgehead atoms. The fraction of sp³-hybridized carbons (Fsp3) is 0.600. The molecule has 0 aliphatic carbocycles. The molecule has 3 N–H and O–H groups in total. The van der Waals surface area contributed by atoms with Crippen LogP contribution in [0.5, 0.6) is 5.75 Å². The van der Waals surface area contributed by atoms with Crippen LogP contribution >= 0.6 is 0 Å². The Balaban J connectivity index is 2.35. The van der Waals surface area contributed by atoms with E-state index >= 15 is 0 Å². The van der Waals surface area contributed by atoms with Gasteiger partial charge in [-0.1, -0.05) is 12.1 Å². The van der Waals surface area contributed by atoms with Crippen molar-refractivity contribution >= 4 is 0 Å². The molecule has 0 saturated heterocycles. The minimum absolute atomic E-state index is 0.125. The fourth-order valence-electron chi connectivity index (χ4n) is 1.91. The summed E-state index contributed by atoms with van der Waals surface area (Å²) in [5.74, 6) is 0.942. The number of nitrogens with two attached hydrogens (primary N) is 1. The molecular formula is C15H26N2O. The molecule has 0 heterocycles. The molecule has 0 aliphatic heterocycles. The zero-order valence-electron chi connectivity index (χ0n) is 11.8. The quantitative estimate of drug-likeness (QED) is 0.744. The van der Waals surface area contributed by atoms with Crippen LogP contribution in [0.1, 0.15) is 32.8 Å². The topological polar surface area (TPSA) is 47.3 Å². The molecule has 0 atom stereocenters. The van der Waals surface area contributed by atoms with Gasteiger partial charge in [-0.25, -0.2) is 0 Å². The van der Waals surface area contributed by atoms with Crippen LogP contribution in [0.2, 0.25) is 0 Å². The zero-order valence-corrected chi connectivity index (χ0v) is 11.8. The maximum Gasteiger partial charge on any atom is 0.119 e. The number of rotatable bonds is 8. The van der Waals surface area contributed by atoms with Crippen molar-refractivity contribution in [1.29, 1.82) is 0 Å². The standard InChI is InChI=1S/C15H26N2O/c1-4-18-14-7-5-13(6-8-14)9-12-17-15(2,3)10-11-16/h5-8,17H,4,9-12,16H2,1-3H3. The second-order valence-corrected chi connectivity index (χ2v) is 5.18. The molecule has 18 heavy (non-hydrogen) atoms. The van der Waals surface area contributed by atoms with Gasteiger partial charge in [0.15, 0.2) is 0 Å². The maximum absolute atomic E-state index is 5.59. The molecule has 0 spiro atoms. The third-order valence-electron chi connectivity index (χ3n) is 3.02. The molecule has 3 heteroatoms. The van der Waals surface area contributed by atoms with Gasteiger partial charge < -0.3 is 15.8 Å². The molecular weight excluding hydrogens is 224 g/mol. The van der Waals surface area contributed by atoms with E-state index in [-0.39, 0.29) is 5.54 Å². The molecule has 0 unspecified atom stereocenters. The monoisotopic (exact) mass is 250 g/mol. The summed E-state index contributed by atoms with van der Waals surface area (Å²) >= 11 is 0. The van der Waals surface area contributed by atoms with Gasteiger partial charge in [0.2, 0.25) is 0 Å². The first-order valence-electron chi connectivity index (χ1n) is 6.74. The van der Waals surface area contributed by atoms with E-state index in [9.17, 15) is 0 Å². The first kappa shape index (κ1) is 15.0. The Labute approximate surface area is 111 Å². The molecule has 102 valence electrons. The van der Waals surface area contributed by atoms with E-state index in [0.717, 1.165) is 31.7 Å². The van der Waals surface area contributed by atoms with Crippen molar-refractivity contribution in [2.75, 3.05) is 19.7 Å². The summed E-state index contributed by atoms with van der Waals surface area (Å²) < 4.78 is 5.42. The zero-order chi connectivity index (χ0) is 13.4. The van der Waals surface area contributed by atoms with E-state index in [0.29, 0.717) is 6.61 Å². The first-order valence-corrected chi connectivity index (χ1v) is 6.74. The molecule has 0 fully saturated rings. The number of benzene rings is 1. The van der Waals surface area contributed by atoms with Crippen LogP contribution in [0, 0.1) is 0 Å². The number of ether oxygens (including phenoxy) is 1. The Morgan fingerprint density at radius 3 is 2.44 bits per heavy atom. The van der Waals surface area contributed by atoms with Gasteiger partial charge in [-0.2, -0.15) is 0 Å². The van der Waals surface area contributed by atoms with Crippen LogP contribution in [-0.4, -0.2) is 25.2 Å². The van der Waals surface area contributed by atoms with Crippen molar-refractivity contribution in [3.05, 3.63) is 29.8 Å². The Bertz CT molecular complexity index is 333. The minimum Gasteiger partial charge on any atom is -0.494 e. The van der Waals surface area contributed by atoms with Crippen molar-refractivity contribution in [3.8, 4) is 5.75 Å². The van der Waals surface area contributed by atoms with Gasteiger partial charge in [0, 0.05) is 5.54 Å². The summed E-state index contributed by atoms with van der Waals surface area (Å²) in [6.45, 7) is 8.80. The van der Waals surface area contributed by atoms with Crippen LogP contribution in [0.25, 0.3) is 0 Å². The van der Waals surface area contributed by atoms with Crippen LogP contribution in [-0.2, 0) is 6.42 Å². The third-order valence-corrected chi connectivity index (χ3v) is 3.02. The van der Waals surface area contributed by atoms with Crippen LogP contribution < -0.4 is 15.8 Å². The van der Waals surface area contributed by atoms with Crippen molar-refractivity contribution in [3.63, 3.8) is 0 Å². The lowest BCUT2D eigenvalue weighted by Crippen LogP contribution is -2.41. The smallest absolute Gasteiger partial charge is 0.119 e. The largest absolute Gasteiger partial charge is 0.494 e. The molecule has 0 aromatic heterocycles. The molecule has 0 saturated carbocycles. The minimum atomic E-state index is 0.125. The average molecular weight is 250 g/mol. The van der Waals surface area contributed by atoms with E-state index in [4.69, 9.17) is 10.5 Å². The van der Waals surface area contributed by atoms with E-state index in [2.05, 4.69) is 31.3 Å². The van der Waals surface area contributed by atoms with Gasteiger partial charge in [0.05, 0.1) is 6.61 Å². The lowest BCUT2D eigenvalue weighted by Gasteiger charge is -2.25. The molecule has 0 aliphatic rings. The van der Waals surface area contributed by atoms with Gasteiger partial charge in [-0.15, -0.1) is 0 Å². The van der Waals surface area contributed by atoms with Crippen molar-refractivity contribution in [1.82, 2.24) is 5.32 Å². The number of nitrogens with one attached hydrogen (secondary N) is 1. The summed E-state index contributed by atoms with van der Waals surface area (Å²) in [5, 5.41) is 3.54. The normalized spacial score (nSPS) is 11.6. The molecule has 1 rings (SSSR count).